The van der Waals surface area contributed by atoms with E-state index in [1.54, 1.807) is 30.3 Å². The highest BCUT2D eigenvalue weighted by molar-refractivity contribution is 7.88. The normalized spacial score (nSPS) is 23.6. The lowest BCUT2D eigenvalue weighted by molar-refractivity contribution is -0.0582. The van der Waals surface area contributed by atoms with Crippen LogP contribution in [0.25, 0.3) is 0 Å². The van der Waals surface area contributed by atoms with Gasteiger partial charge in [-0.05, 0) is 99.9 Å². The van der Waals surface area contributed by atoms with Gasteiger partial charge in [0.2, 0.25) is 0 Å². The molecule has 6 rings (SSSR count). The number of fused-ring (bicyclic) bond motifs is 3. The zero-order valence-electron chi connectivity index (χ0n) is 24.6. The van der Waals surface area contributed by atoms with E-state index in [0.29, 0.717) is 36.8 Å². The molecule has 43 heavy (non-hydrogen) atoms. The molecule has 2 atom stereocenters. The number of halogens is 3. The maximum Gasteiger partial charge on any atom is 0.523 e. The van der Waals surface area contributed by atoms with Crippen LogP contribution in [0.1, 0.15) is 59.1 Å². The minimum atomic E-state index is -6.20. The van der Waals surface area contributed by atoms with Gasteiger partial charge in [-0.3, -0.25) is 0 Å². The van der Waals surface area contributed by atoms with Crippen molar-refractivity contribution in [3.05, 3.63) is 117 Å². The zero-order chi connectivity index (χ0) is 31.0. The molecular weight excluding hydrogens is 592 g/mol. The van der Waals surface area contributed by atoms with E-state index < -0.39 is 33.5 Å². The van der Waals surface area contributed by atoms with Crippen LogP contribution in [0.5, 0.6) is 0 Å². The van der Waals surface area contributed by atoms with Crippen molar-refractivity contribution in [1.29, 1.82) is 0 Å². The van der Waals surface area contributed by atoms with Crippen molar-refractivity contribution >= 4 is 27.9 Å². The molecule has 0 saturated heterocycles. The summed E-state index contributed by atoms with van der Waals surface area (Å²) in [5, 5.41) is -1.77. The molecule has 4 nitrogen and oxygen atoms in total. The van der Waals surface area contributed by atoms with Gasteiger partial charge in [0.05, 0.1) is 0 Å². The molecule has 0 heterocycles. The van der Waals surface area contributed by atoms with Crippen LogP contribution in [0.3, 0.4) is 0 Å². The van der Waals surface area contributed by atoms with Crippen LogP contribution in [0, 0.1) is 27.7 Å². The molecule has 3 aliphatic rings. The van der Waals surface area contributed by atoms with Crippen LogP contribution in [0.2, 0.25) is 0 Å². The number of hydrogen-bond donors (Lipinski definition) is 0. The SMILES string of the molecule is Cc1cc(C)cc(P(=O)(c2cc(C)cc(C)c2)C2(OS(=O)(=O)C(F)(F)F)CC=CC3=C2[C@@]2(CC3)CCc3ccccc32)c1. The van der Waals surface area contributed by atoms with Gasteiger partial charge in [-0.2, -0.15) is 21.6 Å². The first-order valence-electron chi connectivity index (χ1n) is 14.4. The molecule has 0 N–H and O–H groups in total. The fourth-order valence-electron chi connectivity index (χ4n) is 7.84. The van der Waals surface area contributed by atoms with E-state index in [1.807, 2.05) is 70.2 Å². The maximum absolute atomic E-state index is 16.5. The second kappa shape index (κ2) is 10.0. The predicted octanol–water partition coefficient (Wildman–Crippen LogP) is 7.73. The molecule has 0 aliphatic heterocycles. The minimum Gasteiger partial charge on any atom is -0.310 e. The van der Waals surface area contributed by atoms with Crippen LogP contribution in [0.15, 0.2) is 84.0 Å². The summed E-state index contributed by atoms with van der Waals surface area (Å²) >= 11 is 0. The summed E-state index contributed by atoms with van der Waals surface area (Å²) in [6.07, 6.45) is 5.53. The lowest BCUT2D eigenvalue weighted by Gasteiger charge is -2.48. The van der Waals surface area contributed by atoms with Gasteiger partial charge >= 0.3 is 15.6 Å². The highest BCUT2D eigenvalue weighted by Gasteiger charge is 2.66. The van der Waals surface area contributed by atoms with Gasteiger partial charge in [0.15, 0.2) is 12.5 Å². The van der Waals surface area contributed by atoms with Crippen LogP contribution in [0.4, 0.5) is 13.2 Å². The molecule has 1 spiro atoms. The summed E-state index contributed by atoms with van der Waals surface area (Å²) in [6, 6.07) is 18.4. The van der Waals surface area contributed by atoms with Crippen LogP contribution in [-0.4, -0.2) is 19.3 Å². The van der Waals surface area contributed by atoms with Gasteiger partial charge in [0.25, 0.3) is 0 Å². The molecule has 3 aromatic carbocycles. The predicted molar refractivity (Wildman–Crippen MR) is 164 cm³/mol. The highest BCUT2D eigenvalue weighted by atomic mass is 32.2. The molecule has 9 heteroatoms. The smallest absolute Gasteiger partial charge is 0.310 e. The van der Waals surface area contributed by atoms with Gasteiger partial charge in [-0.25, -0.2) is 4.18 Å². The summed E-state index contributed by atoms with van der Waals surface area (Å²) in [7, 11) is -10.6. The lowest BCUT2D eigenvalue weighted by atomic mass is 9.72. The Balaban J connectivity index is 1.78. The average Bonchev–Trinajstić information content (AvgIpc) is 3.48. The molecule has 0 saturated carbocycles. The van der Waals surface area contributed by atoms with E-state index in [9.17, 15) is 21.6 Å². The Hall–Kier alpha value is -2.93. The van der Waals surface area contributed by atoms with Gasteiger partial charge in [-0.1, -0.05) is 70.8 Å². The van der Waals surface area contributed by atoms with Crippen LogP contribution < -0.4 is 10.6 Å². The zero-order valence-corrected chi connectivity index (χ0v) is 26.3. The van der Waals surface area contributed by atoms with E-state index in [-0.39, 0.29) is 17.0 Å². The molecule has 0 radical (unpaired) electrons. The minimum absolute atomic E-state index is 0.280. The number of rotatable bonds is 5. The number of hydrogen-bond acceptors (Lipinski definition) is 4. The summed E-state index contributed by atoms with van der Waals surface area (Å²) in [5.74, 6) is 0. The Morgan fingerprint density at radius 2 is 1.35 bits per heavy atom. The highest BCUT2D eigenvalue weighted by Crippen LogP contribution is 2.71. The van der Waals surface area contributed by atoms with Crippen LogP contribution in [-0.2, 0) is 30.7 Å². The molecule has 1 unspecified atom stereocenters. The molecule has 0 fully saturated rings. The maximum atomic E-state index is 16.5. The number of benzene rings is 3. The fourth-order valence-corrected chi connectivity index (χ4v) is 12.9. The van der Waals surface area contributed by atoms with E-state index in [2.05, 4.69) is 0 Å². The largest absolute Gasteiger partial charge is 0.523 e. The fraction of sp³-hybridized carbons (Fsp3) is 0.353. The summed E-state index contributed by atoms with van der Waals surface area (Å²) in [6.45, 7) is 7.33. The van der Waals surface area contributed by atoms with Crippen molar-refractivity contribution in [1.82, 2.24) is 0 Å². The Labute approximate surface area is 251 Å². The second-order valence-electron chi connectivity index (χ2n) is 12.3. The van der Waals surface area contributed by atoms with E-state index in [0.717, 1.165) is 33.4 Å². The van der Waals surface area contributed by atoms with Crippen molar-refractivity contribution in [3.63, 3.8) is 0 Å². The van der Waals surface area contributed by atoms with Crippen molar-refractivity contribution in [2.75, 3.05) is 0 Å². The number of allylic oxidation sites excluding steroid dienone is 2. The molecule has 0 amide bonds. The first-order valence-corrected chi connectivity index (χ1v) is 17.5. The Morgan fingerprint density at radius 1 is 0.814 bits per heavy atom. The summed E-state index contributed by atoms with van der Waals surface area (Å²) in [4.78, 5) is 0. The van der Waals surface area contributed by atoms with Crippen molar-refractivity contribution in [2.45, 2.75) is 76.1 Å². The first-order chi connectivity index (χ1) is 20.1. The third-order valence-electron chi connectivity index (χ3n) is 9.26. The topological polar surface area (TPSA) is 60.4 Å². The van der Waals surface area contributed by atoms with Crippen LogP contribution >= 0.6 is 7.14 Å². The first kappa shape index (κ1) is 30.1. The van der Waals surface area contributed by atoms with Crippen molar-refractivity contribution < 1.29 is 30.3 Å². The Kier molecular flexibility index (Phi) is 7.04. The van der Waals surface area contributed by atoms with E-state index in [1.165, 1.54) is 0 Å². The molecule has 0 aromatic heterocycles. The molecule has 3 aliphatic carbocycles. The average molecular weight is 627 g/mol. The summed E-state index contributed by atoms with van der Waals surface area (Å²) < 4.78 is 91.6. The number of alkyl halides is 3. The Bertz CT molecular complexity index is 1780. The molecule has 0 bridgehead atoms. The quantitative estimate of drug-likeness (QED) is 0.165. The molecule has 3 aromatic rings. The molecular formula is C34H34F3O4PS. The van der Waals surface area contributed by atoms with Gasteiger partial charge in [0, 0.05) is 22.4 Å². The van der Waals surface area contributed by atoms with E-state index in [4.69, 9.17) is 4.18 Å². The standard InChI is InChI=1S/C34H34F3O4PS/c1-22-16-23(2)19-28(18-22)42(38,29-20-24(3)17-25(4)21-29)33(41-43(39,40)34(35,36)37)13-7-9-27-12-15-32(31(27)33)14-11-26-8-5-6-10-30(26)32/h5-10,16-21H,11-15H2,1-4H3/t32-,33?/m1/s1. The third kappa shape index (κ3) is 4.51. The molecule has 226 valence electrons. The van der Waals surface area contributed by atoms with Crippen molar-refractivity contribution in [3.8, 4) is 0 Å². The van der Waals surface area contributed by atoms with Gasteiger partial charge in [-0.15, -0.1) is 0 Å². The second-order valence-corrected chi connectivity index (χ2v) is 16.8. The van der Waals surface area contributed by atoms with E-state index >= 15 is 4.57 Å². The summed E-state index contributed by atoms with van der Waals surface area (Å²) in [5.41, 5.74) is -0.338. The van der Waals surface area contributed by atoms with Gasteiger partial charge in [0.1, 0.15) is 0 Å². The third-order valence-corrected chi connectivity index (χ3v) is 13.9. The van der Waals surface area contributed by atoms with Crippen molar-refractivity contribution in [2.24, 2.45) is 0 Å². The van der Waals surface area contributed by atoms with Gasteiger partial charge < -0.3 is 4.57 Å². The Morgan fingerprint density at radius 3 is 1.91 bits per heavy atom. The monoisotopic (exact) mass is 626 g/mol. The lowest BCUT2D eigenvalue weighted by Crippen LogP contribution is -2.50. The number of aryl methyl sites for hydroxylation is 5.